The Morgan fingerprint density at radius 2 is 1.43 bits per heavy atom. The summed E-state index contributed by atoms with van der Waals surface area (Å²) in [4.78, 5) is 24.1. The summed E-state index contributed by atoms with van der Waals surface area (Å²) >= 11 is 0. The van der Waals surface area contributed by atoms with Crippen LogP contribution in [0, 0.1) is 0 Å². The number of hydrogen-bond acceptors (Lipinski definition) is 4. The molecule has 0 aliphatic rings. The van der Waals surface area contributed by atoms with Crippen molar-refractivity contribution in [1.29, 1.82) is 0 Å². The Kier molecular flexibility index (Phi) is 8.71. The van der Waals surface area contributed by atoms with E-state index in [-0.39, 0.29) is 30.2 Å². The fourth-order valence-electron chi connectivity index (χ4n) is 2.76. The molecule has 30 heavy (non-hydrogen) atoms. The second-order valence-corrected chi connectivity index (χ2v) is 7.94. The number of amides is 2. The van der Waals surface area contributed by atoms with Crippen molar-refractivity contribution in [1.82, 2.24) is 10.6 Å². The highest BCUT2D eigenvalue weighted by Crippen LogP contribution is 2.22. The maximum absolute atomic E-state index is 12.2. The summed E-state index contributed by atoms with van der Waals surface area (Å²) in [5.41, 5.74) is 1.81. The number of benzene rings is 2. The van der Waals surface area contributed by atoms with E-state index in [4.69, 9.17) is 9.47 Å². The van der Waals surface area contributed by atoms with Gasteiger partial charge in [-0.2, -0.15) is 0 Å². The predicted molar refractivity (Wildman–Crippen MR) is 118 cm³/mol. The largest absolute Gasteiger partial charge is 0.494 e. The van der Waals surface area contributed by atoms with Gasteiger partial charge in [0.05, 0.1) is 13.2 Å². The highest BCUT2D eigenvalue weighted by Gasteiger charge is 2.14. The van der Waals surface area contributed by atoms with Gasteiger partial charge >= 0.3 is 0 Å². The van der Waals surface area contributed by atoms with Crippen molar-refractivity contribution in [3.05, 3.63) is 59.7 Å². The first-order chi connectivity index (χ1) is 14.3. The first-order valence-electron chi connectivity index (χ1n) is 10.3. The molecule has 2 aromatic carbocycles. The lowest BCUT2D eigenvalue weighted by atomic mass is 9.87. The Bertz CT molecular complexity index is 809. The van der Waals surface area contributed by atoms with E-state index in [1.807, 2.05) is 55.5 Å². The zero-order valence-corrected chi connectivity index (χ0v) is 18.3. The van der Waals surface area contributed by atoms with Crippen LogP contribution in [0.2, 0.25) is 0 Å². The third kappa shape index (κ3) is 7.78. The molecule has 0 bridgehead atoms. The second kappa shape index (κ2) is 11.2. The van der Waals surface area contributed by atoms with Gasteiger partial charge in [0.1, 0.15) is 18.1 Å². The maximum atomic E-state index is 12.2. The summed E-state index contributed by atoms with van der Waals surface area (Å²) in [7, 11) is 0. The molecule has 0 aliphatic carbocycles. The van der Waals surface area contributed by atoms with Crippen LogP contribution in [0.25, 0.3) is 0 Å². The van der Waals surface area contributed by atoms with Crippen LogP contribution in [0.4, 0.5) is 0 Å². The zero-order chi connectivity index (χ0) is 22.0. The average Bonchev–Trinajstić information content (AvgIpc) is 2.72. The molecule has 0 heterocycles. The van der Waals surface area contributed by atoms with Gasteiger partial charge in [-0.1, -0.05) is 32.9 Å². The molecule has 0 saturated carbocycles. The highest BCUT2D eigenvalue weighted by molar-refractivity contribution is 5.94. The summed E-state index contributed by atoms with van der Waals surface area (Å²) in [6.07, 6.45) is 0.217. The summed E-state index contributed by atoms with van der Waals surface area (Å²) in [6.45, 7) is 9.99. The van der Waals surface area contributed by atoms with Crippen LogP contribution in [-0.2, 0) is 10.2 Å². The molecule has 0 fully saturated rings. The van der Waals surface area contributed by atoms with Gasteiger partial charge in [-0.25, -0.2) is 0 Å². The van der Waals surface area contributed by atoms with E-state index in [0.717, 1.165) is 11.5 Å². The van der Waals surface area contributed by atoms with Gasteiger partial charge in [0.15, 0.2) is 0 Å². The molecule has 2 rings (SSSR count). The average molecular weight is 413 g/mol. The number of ether oxygens (including phenoxy) is 2. The first kappa shape index (κ1) is 23.3. The molecule has 0 saturated heterocycles. The third-order valence-electron chi connectivity index (χ3n) is 4.48. The summed E-state index contributed by atoms with van der Waals surface area (Å²) in [6, 6.07) is 14.9. The predicted octanol–water partition coefficient (Wildman–Crippen LogP) is 3.70. The topological polar surface area (TPSA) is 76.7 Å². The molecule has 0 aliphatic heterocycles. The quantitative estimate of drug-likeness (QED) is 0.584. The second-order valence-electron chi connectivity index (χ2n) is 7.94. The molecule has 0 radical (unpaired) electrons. The molecular formula is C24H32N2O4. The third-order valence-corrected chi connectivity index (χ3v) is 4.48. The highest BCUT2D eigenvalue weighted by atomic mass is 16.5. The molecule has 0 spiro atoms. The molecule has 162 valence electrons. The van der Waals surface area contributed by atoms with Crippen LogP contribution in [0.3, 0.4) is 0 Å². The molecule has 2 amide bonds. The Morgan fingerprint density at radius 1 is 0.833 bits per heavy atom. The van der Waals surface area contributed by atoms with Crippen LogP contribution in [-0.4, -0.2) is 38.1 Å². The minimum Gasteiger partial charge on any atom is -0.494 e. The lowest BCUT2D eigenvalue weighted by Gasteiger charge is -2.19. The van der Waals surface area contributed by atoms with E-state index < -0.39 is 0 Å². The van der Waals surface area contributed by atoms with Gasteiger partial charge in [-0.05, 0) is 54.3 Å². The summed E-state index contributed by atoms with van der Waals surface area (Å²) < 4.78 is 11.0. The van der Waals surface area contributed by atoms with Crippen molar-refractivity contribution in [3.8, 4) is 11.5 Å². The lowest BCUT2D eigenvalue weighted by Crippen LogP contribution is -2.32. The molecule has 0 unspecified atom stereocenters. The number of nitrogens with one attached hydrogen (secondary N) is 2. The summed E-state index contributed by atoms with van der Waals surface area (Å²) in [5.74, 6) is 1.21. The number of rotatable bonds is 10. The Hall–Kier alpha value is -3.02. The van der Waals surface area contributed by atoms with Gasteiger partial charge in [0.25, 0.3) is 5.91 Å². The standard InChI is InChI=1S/C24H32N2O4/c1-5-29-20-10-12-21(13-11-20)30-17-16-25-22(27)14-15-26-23(28)18-6-8-19(9-7-18)24(2,3)4/h6-13H,5,14-17H2,1-4H3,(H,25,27)(H,26,28). The molecule has 2 aromatic rings. The minimum absolute atomic E-state index is 0.0454. The molecule has 2 N–H and O–H groups in total. The monoisotopic (exact) mass is 412 g/mol. The van der Waals surface area contributed by atoms with E-state index in [0.29, 0.717) is 25.3 Å². The SMILES string of the molecule is CCOc1ccc(OCCNC(=O)CCNC(=O)c2ccc(C(C)(C)C)cc2)cc1. The molecule has 6 nitrogen and oxygen atoms in total. The minimum atomic E-state index is -0.179. The molecule has 6 heteroatoms. The normalized spacial score (nSPS) is 10.9. The van der Waals surface area contributed by atoms with Gasteiger partial charge in [-0.15, -0.1) is 0 Å². The Labute approximate surface area is 179 Å². The first-order valence-corrected chi connectivity index (χ1v) is 10.3. The number of carbonyl (C=O) groups excluding carboxylic acids is 2. The van der Waals surface area contributed by atoms with Crippen LogP contribution in [0.5, 0.6) is 11.5 Å². The van der Waals surface area contributed by atoms with Crippen molar-refractivity contribution in [2.24, 2.45) is 0 Å². The van der Waals surface area contributed by atoms with Crippen molar-refractivity contribution in [3.63, 3.8) is 0 Å². The van der Waals surface area contributed by atoms with Gasteiger partial charge in [-0.3, -0.25) is 9.59 Å². The van der Waals surface area contributed by atoms with Gasteiger partial charge in [0, 0.05) is 18.5 Å². The number of carbonyl (C=O) groups is 2. The van der Waals surface area contributed by atoms with E-state index in [2.05, 4.69) is 31.4 Å². The van der Waals surface area contributed by atoms with Crippen LogP contribution in [0.15, 0.2) is 48.5 Å². The van der Waals surface area contributed by atoms with E-state index in [1.54, 1.807) is 0 Å². The van der Waals surface area contributed by atoms with Crippen LogP contribution >= 0.6 is 0 Å². The Balaban J connectivity index is 1.62. The van der Waals surface area contributed by atoms with Gasteiger partial charge in [0.2, 0.25) is 5.91 Å². The van der Waals surface area contributed by atoms with Gasteiger partial charge < -0.3 is 20.1 Å². The molecule has 0 atom stereocenters. The fraction of sp³-hybridized carbons (Fsp3) is 0.417. The smallest absolute Gasteiger partial charge is 0.251 e. The Morgan fingerprint density at radius 3 is 2.00 bits per heavy atom. The van der Waals surface area contributed by atoms with Crippen molar-refractivity contribution < 1.29 is 19.1 Å². The molecular weight excluding hydrogens is 380 g/mol. The maximum Gasteiger partial charge on any atom is 0.251 e. The molecule has 0 aromatic heterocycles. The van der Waals surface area contributed by atoms with Crippen LogP contribution in [0.1, 0.15) is 50.0 Å². The van der Waals surface area contributed by atoms with Crippen LogP contribution < -0.4 is 20.1 Å². The fourth-order valence-corrected chi connectivity index (χ4v) is 2.76. The summed E-state index contributed by atoms with van der Waals surface area (Å²) in [5, 5.41) is 5.56. The van der Waals surface area contributed by atoms with Crippen molar-refractivity contribution in [2.75, 3.05) is 26.3 Å². The van der Waals surface area contributed by atoms with Crippen molar-refractivity contribution in [2.45, 2.75) is 39.5 Å². The van der Waals surface area contributed by atoms with E-state index in [9.17, 15) is 9.59 Å². The zero-order valence-electron chi connectivity index (χ0n) is 18.3. The van der Waals surface area contributed by atoms with E-state index in [1.165, 1.54) is 5.56 Å². The van der Waals surface area contributed by atoms with Crippen molar-refractivity contribution >= 4 is 11.8 Å². The van der Waals surface area contributed by atoms with E-state index >= 15 is 0 Å². The lowest BCUT2D eigenvalue weighted by molar-refractivity contribution is -0.121. The number of hydrogen-bond donors (Lipinski definition) is 2.